The number of hydrogen-bond donors (Lipinski definition) is 2. The molecule has 0 aliphatic heterocycles. The zero-order chi connectivity index (χ0) is 12.0. The molecule has 3 nitrogen and oxygen atoms in total. The summed E-state index contributed by atoms with van der Waals surface area (Å²) in [5, 5.41) is 6.06. The van der Waals surface area contributed by atoms with E-state index in [1.54, 1.807) is 0 Å². The Bertz CT molecular complexity index is 366. The number of rotatable bonds is 5. The second-order valence-electron chi connectivity index (χ2n) is 3.59. The number of halogens is 1. The zero-order valence-electron chi connectivity index (χ0n) is 9.64. The molecule has 1 amide bonds. The fourth-order valence-corrected chi connectivity index (χ4v) is 1.93. The van der Waals surface area contributed by atoms with Gasteiger partial charge in [0.2, 0.25) is 0 Å². The van der Waals surface area contributed by atoms with Crippen LogP contribution in [0.4, 0.5) is 0 Å². The predicted octanol–water partition coefficient (Wildman–Crippen LogP) is 1.94. The number of likely N-dealkylation sites (N-methyl/N-ethyl adjacent to an activating group) is 1. The minimum atomic E-state index is 0.00556. The van der Waals surface area contributed by atoms with Gasteiger partial charge in [0.15, 0.2) is 0 Å². The summed E-state index contributed by atoms with van der Waals surface area (Å²) < 4.78 is 0.990. The van der Waals surface area contributed by atoms with E-state index in [9.17, 15) is 4.79 Å². The van der Waals surface area contributed by atoms with Crippen LogP contribution in [0.15, 0.2) is 18.2 Å². The molecule has 1 aromatic rings. The van der Waals surface area contributed by atoms with Crippen LogP contribution in [-0.2, 0) is 0 Å². The van der Waals surface area contributed by atoms with Crippen molar-refractivity contribution in [3.8, 4) is 0 Å². The normalized spacial score (nSPS) is 10.2. The number of amides is 1. The van der Waals surface area contributed by atoms with Crippen molar-refractivity contribution in [3.05, 3.63) is 32.9 Å². The number of carbonyl (C=O) groups is 1. The molecule has 0 atom stereocenters. The predicted molar refractivity (Wildman–Crippen MR) is 74.8 cm³/mol. The molecular formula is C12H17IN2O. The lowest BCUT2D eigenvalue weighted by atomic mass is 10.1. The van der Waals surface area contributed by atoms with E-state index < -0.39 is 0 Å². The maximum Gasteiger partial charge on any atom is 0.252 e. The van der Waals surface area contributed by atoms with Crippen molar-refractivity contribution in [2.24, 2.45) is 0 Å². The molecule has 16 heavy (non-hydrogen) atoms. The number of aryl methyl sites for hydroxylation is 1. The molecule has 2 N–H and O–H groups in total. The smallest absolute Gasteiger partial charge is 0.252 e. The first-order chi connectivity index (χ1) is 7.65. The van der Waals surface area contributed by atoms with Crippen molar-refractivity contribution in [1.29, 1.82) is 0 Å². The summed E-state index contributed by atoms with van der Waals surface area (Å²) >= 11 is 2.18. The van der Waals surface area contributed by atoms with Gasteiger partial charge in [-0.05, 0) is 48.2 Å². The Balaban J connectivity index is 2.55. The Kier molecular flexibility index (Phi) is 5.76. The molecule has 0 bridgehead atoms. The van der Waals surface area contributed by atoms with Gasteiger partial charge < -0.3 is 10.6 Å². The van der Waals surface area contributed by atoms with Gasteiger partial charge in [0.25, 0.3) is 5.91 Å². The number of benzene rings is 1. The summed E-state index contributed by atoms with van der Waals surface area (Å²) in [6, 6.07) is 5.90. The topological polar surface area (TPSA) is 41.1 Å². The monoisotopic (exact) mass is 332 g/mol. The summed E-state index contributed by atoms with van der Waals surface area (Å²) in [6.45, 7) is 6.44. The lowest BCUT2D eigenvalue weighted by Gasteiger charge is -2.07. The van der Waals surface area contributed by atoms with Crippen LogP contribution in [0, 0.1) is 10.5 Å². The van der Waals surface area contributed by atoms with Crippen LogP contribution in [0.5, 0.6) is 0 Å². The van der Waals surface area contributed by atoms with Crippen molar-refractivity contribution in [2.75, 3.05) is 19.6 Å². The Morgan fingerprint density at radius 1 is 1.38 bits per heavy atom. The van der Waals surface area contributed by atoms with Crippen LogP contribution in [0.1, 0.15) is 22.8 Å². The van der Waals surface area contributed by atoms with E-state index >= 15 is 0 Å². The van der Waals surface area contributed by atoms with Gasteiger partial charge in [-0.2, -0.15) is 0 Å². The molecule has 0 saturated carbocycles. The van der Waals surface area contributed by atoms with E-state index in [0.717, 1.165) is 27.8 Å². The molecule has 4 heteroatoms. The number of hydrogen-bond acceptors (Lipinski definition) is 2. The molecule has 1 aromatic carbocycles. The van der Waals surface area contributed by atoms with Gasteiger partial charge >= 0.3 is 0 Å². The van der Waals surface area contributed by atoms with Crippen molar-refractivity contribution >= 4 is 28.5 Å². The minimum Gasteiger partial charge on any atom is -0.351 e. The van der Waals surface area contributed by atoms with E-state index in [-0.39, 0.29) is 5.91 Å². The van der Waals surface area contributed by atoms with Gasteiger partial charge in [0, 0.05) is 16.7 Å². The lowest BCUT2D eigenvalue weighted by Crippen LogP contribution is -2.32. The van der Waals surface area contributed by atoms with Gasteiger partial charge in [0.05, 0.1) is 5.56 Å². The van der Waals surface area contributed by atoms with E-state index in [1.165, 1.54) is 0 Å². The first-order valence-electron chi connectivity index (χ1n) is 5.40. The third-order valence-corrected chi connectivity index (χ3v) is 3.14. The molecule has 0 saturated heterocycles. The molecular weight excluding hydrogens is 315 g/mol. The standard InChI is InChI=1S/C12H17IN2O/c1-3-14-6-7-15-12(16)10-8-9(2)4-5-11(10)13/h4-5,8,14H,3,6-7H2,1-2H3,(H,15,16). The van der Waals surface area contributed by atoms with Crippen LogP contribution in [0.3, 0.4) is 0 Å². The molecule has 1 rings (SSSR count). The fraction of sp³-hybridized carbons (Fsp3) is 0.417. The van der Waals surface area contributed by atoms with Crippen LogP contribution in [0.2, 0.25) is 0 Å². The molecule has 0 aromatic heterocycles. The molecule has 0 radical (unpaired) electrons. The third-order valence-electron chi connectivity index (χ3n) is 2.20. The average molecular weight is 332 g/mol. The summed E-state index contributed by atoms with van der Waals surface area (Å²) in [6.07, 6.45) is 0. The Labute approximate surface area is 110 Å². The number of nitrogens with one attached hydrogen (secondary N) is 2. The molecule has 88 valence electrons. The van der Waals surface area contributed by atoms with E-state index in [2.05, 4.69) is 33.2 Å². The zero-order valence-corrected chi connectivity index (χ0v) is 11.8. The summed E-state index contributed by atoms with van der Waals surface area (Å²) in [5.74, 6) is 0.00556. The molecule has 0 spiro atoms. The van der Waals surface area contributed by atoms with E-state index in [1.807, 2.05) is 32.0 Å². The maximum atomic E-state index is 11.8. The van der Waals surface area contributed by atoms with Crippen molar-refractivity contribution < 1.29 is 4.79 Å². The van der Waals surface area contributed by atoms with Gasteiger partial charge in [-0.15, -0.1) is 0 Å². The molecule has 0 aliphatic rings. The Morgan fingerprint density at radius 2 is 2.12 bits per heavy atom. The average Bonchev–Trinajstić information content (AvgIpc) is 2.27. The fourth-order valence-electron chi connectivity index (χ4n) is 1.35. The van der Waals surface area contributed by atoms with E-state index in [4.69, 9.17) is 0 Å². The first-order valence-corrected chi connectivity index (χ1v) is 6.48. The molecule has 0 fully saturated rings. The largest absolute Gasteiger partial charge is 0.351 e. The minimum absolute atomic E-state index is 0.00556. The van der Waals surface area contributed by atoms with Gasteiger partial charge in [-0.1, -0.05) is 18.6 Å². The summed E-state index contributed by atoms with van der Waals surface area (Å²) in [5.41, 5.74) is 1.87. The van der Waals surface area contributed by atoms with E-state index in [0.29, 0.717) is 6.54 Å². The Morgan fingerprint density at radius 3 is 2.81 bits per heavy atom. The quantitative estimate of drug-likeness (QED) is 0.639. The Hall–Kier alpha value is -0.620. The van der Waals surface area contributed by atoms with Gasteiger partial charge in [-0.3, -0.25) is 4.79 Å². The second-order valence-corrected chi connectivity index (χ2v) is 4.75. The third kappa shape index (κ3) is 4.09. The highest BCUT2D eigenvalue weighted by Gasteiger charge is 2.08. The van der Waals surface area contributed by atoms with Crippen LogP contribution < -0.4 is 10.6 Å². The highest BCUT2D eigenvalue weighted by molar-refractivity contribution is 14.1. The summed E-state index contributed by atoms with van der Waals surface area (Å²) in [4.78, 5) is 11.8. The van der Waals surface area contributed by atoms with Crippen LogP contribution in [-0.4, -0.2) is 25.5 Å². The highest BCUT2D eigenvalue weighted by Crippen LogP contribution is 2.13. The van der Waals surface area contributed by atoms with Crippen molar-refractivity contribution in [3.63, 3.8) is 0 Å². The maximum absolute atomic E-state index is 11.8. The highest BCUT2D eigenvalue weighted by atomic mass is 127. The first kappa shape index (κ1) is 13.4. The number of carbonyl (C=O) groups excluding carboxylic acids is 1. The summed E-state index contributed by atoms with van der Waals surface area (Å²) in [7, 11) is 0. The molecule has 0 unspecified atom stereocenters. The SMILES string of the molecule is CCNCCNC(=O)c1cc(C)ccc1I. The van der Waals surface area contributed by atoms with Crippen LogP contribution in [0.25, 0.3) is 0 Å². The van der Waals surface area contributed by atoms with Gasteiger partial charge in [0.1, 0.15) is 0 Å². The van der Waals surface area contributed by atoms with Crippen molar-refractivity contribution in [2.45, 2.75) is 13.8 Å². The molecule has 0 heterocycles. The second kappa shape index (κ2) is 6.85. The van der Waals surface area contributed by atoms with Crippen LogP contribution >= 0.6 is 22.6 Å². The lowest BCUT2D eigenvalue weighted by molar-refractivity contribution is 0.0953. The van der Waals surface area contributed by atoms with Crippen molar-refractivity contribution in [1.82, 2.24) is 10.6 Å². The van der Waals surface area contributed by atoms with Gasteiger partial charge in [-0.25, -0.2) is 0 Å². The molecule has 0 aliphatic carbocycles.